The van der Waals surface area contributed by atoms with Gasteiger partial charge >= 0.3 is 0 Å². The Balaban J connectivity index is 1.39. The van der Waals surface area contributed by atoms with Crippen LogP contribution in [0.5, 0.6) is 0 Å². The van der Waals surface area contributed by atoms with Crippen LogP contribution in [0.25, 0.3) is 0 Å². The van der Waals surface area contributed by atoms with Crippen LogP contribution in [-0.2, 0) is 13.1 Å². The fourth-order valence-corrected chi connectivity index (χ4v) is 4.49. The molecular formula is C26H43N6+. The summed E-state index contributed by atoms with van der Waals surface area (Å²) in [5.41, 5.74) is 0. The van der Waals surface area contributed by atoms with Crippen molar-refractivity contribution in [1.29, 1.82) is 10.5 Å². The van der Waals surface area contributed by atoms with Gasteiger partial charge in [0.25, 0.3) is 5.82 Å². The van der Waals surface area contributed by atoms with E-state index in [-0.39, 0.29) is 0 Å². The molecule has 0 bridgehead atoms. The minimum Gasteiger partial charge on any atom is -0.356 e. The average Bonchev–Trinajstić information content (AvgIpc) is 3.33. The number of hydrogen-bond donors (Lipinski definition) is 0. The van der Waals surface area contributed by atoms with E-state index in [1.54, 1.807) is 0 Å². The third-order valence-corrected chi connectivity index (χ3v) is 6.68. The highest BCUT2D eigenvalue weighted by Gasteiger charge is 2.20. The monoisotopic (exact) mass is 439 g/mol. The van der Waals surface area contributed by atoms with Crippen LogP contribution in [0.4, 0.5) is 0 Å². The second kappa shape index (κ2) is 15.4. The van der Waals surface area contributed by atoms with E-state index in [4.69, 9.17) is 10.5 Å². The van der Waals surface area contributed by atoms with Crippen molar-refractivity contribution in [3.05, 3.63) is 30.6 Å². The number of hydrogen-bond acceptors (Lipinski definition) is 4. The Hall–Kier alpha value is -2.47. The van der Waals surface area contributed by atoms with Crippen LogP contribution in [0.3, 0.4) is 0 Å². The Morgan fingerprint density at radius 1 is 0.781 bits per heavy atom. The van der Waals surface area contributed by atoms with E-state index in [0.29, 0.717) is 19.0 Å². The van der Waals surface area contributed by atoms with Crippen LogP contribution < -0.4 is 4.57 Å². The maximum Gasteiger partial charge on any atom is 0.253 e. The van der Waals surface area contributed by atoms with Gasteiger partial charge in [0.15, 0.2) is 0 Å². The van der Waals surface area contributed by atoms with Gasteiger partial charge in [-0.25, -0.2) is 9.13 Å². The number of aryl methyl sites for hydroxylation is 2. The molecule has 0 saturated heterocycles. The van der Waals surface area contributed by atoms with E-state index < -0.39 is 0 Å². The van der Waals surface area contributed by atoms with Gasteiger partial charge in [-0.2, -0.15) is 10.5 Å². The predicted molar refractivity (Wildman–Crippen MR) is 128 cm³/mol. The molecule has 6 nitrogen and oxygen atoms in total. The highest BCUT2D eigenvalue weighted by atomic mass is 15.4. The van der Waals surface area contributed by atoms with Crippen LogP contribution in [0.1, 0.15) is 89.8 Å². The fourth-order valence-electron chi connectivity index (χ4n) is 4.49. The molecule has 0 spiro atoms. The van der Waals surface area contributed by atoms with Crippen molar-refractivity contribution in [2.45, 2.75) is 110 Å². The molecule has 0 radical (unpaired) electrons. The molecule has 0 amide bonds. The molecule has 2 rings (SSSR count). The first kappa shape index (κ1) is 25.8. The van der Waals surface area contributed by atoms with E-state index >= 15 is 0 Å². The first-order chi connectivity index (χ1) is 15.7. The van der Waals surface area contributed by atoms with Crippen molar-refractivity contribution in [1.82, 2.24) is 14.4 Å². The number of aromatic nitrogens is 2. The molecule has 32 heavy (non-hydrogen) atoms. The first-order valence-electron chi connectivity index (χ1n) is 12.7. The van der Waals surface area contributed by atoms with Crippen molar-refractivity contribution < 1.29 is 4.57 Å². The highest BCUT2D eigenvalue weighted by Crippen LogP contribution is 2.17. The Bertz CT molecular complexity index is 753. The molecule has 1 aliphatic rings. The topological polar surface area (TPSA) is 62.9 Å². The Morgan fingerprint density at radius 2 is 1.31 bits per heavy atom. The van der Waals surface area contributed by atoms with E-state index in [1.807, 2.05) is 0 Å². The maximum atomic E-state index is 8.75. The van der Waals surface area contributed by atoms with Crippen molar-refractivity contribution >= 4 is 0 Å². The van der Waals surface area contributed by atoms with Gasteiger partial charge in [-0.05, 0) is 26.2 Å². The summed E-state index contributed by atoms with van der Waals surface area (Å²) >= 11 is 0. The van der Waals surface area contributed by atoms with Gasteiger partial charge in [0.05, 0.1) is 37.7 Å². The zero-order valence-corrected chi connectivity index (χ0v) is 20.4. The van der Waals surface area contributed by atoms with Crippen LogP contribution in [0.2, 0.25) is 0 Å². The summed E-state index contributed by atoms with van der Waals surface area (Å²) < 4.78 is 4.50. The third kappa shape index (κ3) is 8.95. The number of nitriles is 2. The summed E-state index contributed by atoms with van der Waals surface area (Å²) in [6.45, 7) is 8.22. The normalized spacial score (nSPS) is 15.3. The van der Waals surface area contributed by atoms with Crippen molar-refractivity contribution in [2.75, 3.05) is 13.1 Å². The molecule has 1 aliphatic heterocycles. The zero-order valence-electron chi connectivity index (χ0n) is 20.4. The standard InChI is InChI=1S/C26H43N6/c1-25-29(21-23-31(25)19-13-15-27)17-11-9-7-5-3-4-6-8-10-12-18-30-22-24-32(26(30)2)20-14-16-28/h21-25H,3-14,17-20H2,1-2H3/q+1. The van der Waals surface area contributed by atoms with Gasteiger partial charge in [-0.15, -0.1) is 0 Å². The van der Waals surface area contributed by atoms with Crippen LogP contribution in [0.15, 0.2) is 24.8 Å². The second-order valence-corrected chi connectivity index (χ2v) is 8.99. The molecular weight excluding hydrogens is 396 g/mol. The fraction of sp³-hybridized carbons (Fsp3) is 0.731. The molecule has 1 unspecified atom stereocenters. The minimum absolute atomic E-state index is 0.397. The van der Waals surface area contributed by atoms with Crippen molar-refractivity contribution in [3.8, 4) is 12.1 Å². The second-order valence-electron chi connectivity index (χ2n) is 8.99. The molecule has 0 aliphatic carbocycles. The molecule has 0 aromatic carbocycles. The predicted octanol–water partition coefficient (Wildman–Crippen LogP) is 5.25. The summed E-state index contributed by atoms with van der Waals surface area (Å²) in [6, 6.07) is 4.45. The molecule has 0 N–H and O–H groups in total. The quantitative estimate of drug-likeness (QED) is 0.246. The molecule has 1 aromatic rings. The Kier molecular flexibility index (Phi) is 12.4. The van der Waals surface area contributed by atoms with Gasteiger partial charge in [-0.3, -0.25) is 0 Å². The SMILES string of the molecule is Cc1n(CCCCCCCCCCCCN2C=CN(CCC#N)C2C)cc[n+]1CCC#N. The van der Waals surface area contributed by atoms with E-state index in [9.17, 15) is 0 Å². The summed E-state index contributed by atoms with van der Waals surface area (Å²) in [5, 5.41) is 17.5. The molecule has 1 atom stereocenters. The maximum absolute atomic E-state index is 8.75. The number of imidazole rings is 1. The lowest BCUT2D eigenvalue weighted by atomic mass is 10.1. The van der Waals surface area contributed by atoms with Gasteiger partial charge in [0, 0.05) is 32.4 Å². The van der Waals surface area contributed by atoms with E-state index in [2.05, 4.69) is 69.7 Å². The molecule has 0 saturated carbocycles. The summed E-state index contributed by atoms with van der Waals surface area (Å²) in [6.07, 6.45) is 23.4. The average molecular weight is 440 g/mol. The summed E-state index contributed by atoms with van der Waals surface area (Å²) in [7, 11) is 0. The van der Waals surface area contributed by atoms with Crippen molar-refractivity contribution in [3.63, 3.8) is 0 Å². The van der Waals surface area contributed by atoms with E-state index in [0.717, 1.165) is 26.2 Å². The van der Waals surface area contributed by atoms with Crippen LogP contribution >= 0.6 is 0 Å². The van der Waals surface area contributed by atoms with Gasteiger partial charge in [0.1, 0.15) is 18.9 Å². The van der Waals surface area contributed by atoms with Gasteiger partial charge < -0.3 is 9.80 Å². The largest absolute Gasteiger partial charge is 0.356 e. The number of rotatable bonds is 17. The van der Waals surface area contributed by atoms with Crippen LogP contribution in [0, 0.1) is 29.6 Å². The molecule has 0 fully saturated rings. The molecule has 176 valence electrons. The molecule has 1 aromatic heterocycles. The first-order valence-corrected chi connectivity index (χ1v) is 12.7. The Labute approximate surface area is 195 Å². The molecule has 2 heterocycles. The lowest BCUT2D eigenvalue weighted by Crippen LogP contribution is -2.36. The third-order valence-electron chi connectivity index (χ3n) is 6.68. The summed E-state index contributed by atoms with van der Waals surface area (Å²) in [4.78, 5) is 4.66. The smallest absolute Gasteiger partial charge is 0.253 e. The zero-order chi connectivity index (χ0) is 23.0. The van der Waals surface area contributed by atoms with Gasteiger partial charge in [-0.1, -0.05) is 44.9 Å². The van der Waals surface area contributed by atoms with Gasteiger partial charge in [0.2, 0.25) is 0 Å². The highest BCUT2D eigenvalue weighted by molar-refractivity contribution is 4.96. The molecule has 6 heteroatoms. The van der Waals surface area contributed by atoms with E-state index in [1.165, 1.54) is 70.0 Å². The Morgan fingerprint density at radius 3 is 1.91 bits per heavy atom. The number of unbranched alkanes of at least 4 members (excludes halogenated alkanes) is 9. The summed E-state index contributed by atoms with van der Waals surface area (Å²) in [5.74, 6) is 1.26. The van der Waals surface area contributed by atoms with Crippen LogP contribution in [-0.4, -0.2) is 33.6 Å². The minimum atomic E-state index is 0.397. The van der Waals surface area contributed by atoms with Crippen molar-refractivity contribution in [2.24, 2.45) is 0 Å². The lowest BCUT2D eigenvalue weighted by molar-refractivity contribution is -0.701. The lowest BCUT2D eigenvalue weighted by Gasteiger charge is -2.29. The number of nitrogens with zero attached hydrogens (tertiary/aromatic N) is 6.